The first-order valence-electron chi connectivity index (χ1n) is 6.49. The second-order valence-corrected chi connectivity index (χ2v) is 6.12. The molecular formula is C12H19N5OS. The largest absolute Gasteiger partial charge is 0.344 e. The van der Waals surface area contributed by atoms with Gasteiger partial charge in [-0.25, -0.2) is 9.89 Å². The van der Waals surface area contributed by atoms with Crippen LogP contribution >= 0.6 is 11.8 Å². The van der Waals surface area contributed by atoms with Gasteiger partial charge in [-0.1, -0.05) is 11.8 Å². The van der Waals surface area contributed by atoms with Crippen molar-refractivity contribution in [3.05, 3.63) is 10.5 Å². The molecule has 0 radical (unpaired) electrons. The monoisotopic (exact) mass is 281 g/mol. The zero-order chi connectivity index (χ0) is 13.9. The minimum absolute atomic E-state index is 0.109. The van der Waals surface area contributed by atoms with E-state index in [2.05, 4.69) is 21.6 Å². The van der Waals surface area contributed by atoms with Crippen LogP contribution in [-0.4, -0.2) is 33.1 Å². The van der Waals surface area contributed by atoms with Crippen LogP contribution in [0.5, 0.6) is 0 Å². The van der Waals surface area contributed by atoms with Crippen LogP contribution in [0.4, 0.5) is 0 Å². The Morgan fingerprint density at radius 3 is 3.00 bits per heavy atom. The van der Waals surface area contributed by atoms with E-state index in [0.717, 1.165) is 36.6 Å². The van der Waals surface area contributed by atoms with Gasteiger partial charge in [-0.3, -0.25) is 4.57 Å². The van der Waals surface area contributed by atoms with Gasteiger partial charge >= 0.3 is 5.69 Å². The molecule has 2 N–H and O–H groups in total. The lowest BCUT2D eigenvalue weighted by molar-refractivity contribution is 0.451. The number of nitriles is 1. The quantitative estimate of drug-likeness (QED) is 0.581. The average molecular weight is 281 g/mol. The van der Waals surface area contributed by atoms with Gasteiger partial charge in [0.05, 0.1) is 6.07 Å². The Balaban J connectivity index is 1.84. The summed E-state index contributed by atoms with van der Waals surface area (Å²) in [6.45, 7) is 1.90. The zero-order valence-corrected chi connectivity index (χ0v) is 12.1. The molecule has 1 heterocycles. The van der Waals surface area contributed by atoms with Crippen molar-refractivity contribution in [3.8, 4) is 6.07 Å². The summed E-state index contributed by atoms with van der Waals surface area (Å²) in [4.78, 5) is 11.6. The molecule has 2 rings (SSSR count). The molecule has 0 saturated heterocycles. The highest BCUT2D eigenvalue weighted by Crippen LogP contribution is 2.36. The third kappa shape index (κ3) is 3.39. The molecule has 1 aromatic heterocycles. The molecule has 1 aliphatic carbocycles. The molecule has 0 aromatic carbocycles. The van der Waals surface area contributed by atoms with Crippen LogP contribution in [0.2, 0.25) is 0 Å². The van der Waals surface area contributed by atoms with Crippen LogP contribution in [0.3, 0.4) is 0 Å². The lowest BCUT2D eigenvalue weighted by atomic mass is 9.99. The van der Waals surface area contributed by atoms with E-state index in [0.29, 0.717) is 6.04 Å². The minimum Gasteiger partial charge on any atom is -0.303 e. The maximum Gasteiger partial charge on any atom is 0.344 e. The van der Waals surface area contributed by atoms with Gasteiger partial charge in [0.2, 0.25) is 0 Å². The molecule has 104 valence electrons. The molecule has 0 aliphatic heterocycles. The topological polar surface area (TPSA) is 86.5 Å². The van der Waals surface area contributed by atoms with Gasteiger partial charge in [0, 0.05) is 11.8 Å². The van der Waals surface area contributed by atoms with Gasteiger partial charge < -0.3 is 5.32 Å². The third-order valence-electron chi connectivity index (χ3n) is 3.43. The minimum atomic E-state index is -0.470. The predicted molar refractivity (Wildman–Crippen MR) is 74.2 cm³/mol. The van der Waals surface area contributed by atoms with Crippen molar-refractivity contribution in [1.82, 2.24) is 20.1 Å². The molecule has 1 atom stereocenters. The first-order valence-corrected chi connectivity index (χ1v) is 7.48. The number of rotatable bonds is 7. The molecule has 1 saturated carbocycles. The number of nitrogens with one attached hydrogen (secondary N) is 2. The first-order chi connectivity index (χ1) is 9.09. The number of nitrogens with zero attached hydrogens (tertiary/aromatic N) is 3. The van der Waals surface area contributed by atoms with E-state index in [-0.39, 0.29) is 5.69 Å². The summed E-state index contributed by atoms with van der Waals surface area (Å²) in [5.74, 6) is 0.857. The highest BCUT2D eigenvalue weighted by Gasteiger charge is 2.28. The normalized spacial score (nSPS) is 17.9. The summed E-state index contributed by atoms with van der Waals surface area (Å²) >= 11 is 1.58. The van der Waals surface area contributed by atoms with E-state index >= 15 is 0 Å². The van der Waals surface area contributed by atoms with Crippen molar-refractivity contribution in [3.63, 3.8) is 0 Å². The summed E-state index contributed by atoms with van der Waals surface area (Å²) in [6.07, 6.45) is 3.82. The summed E-state index contributed by atoms with van der Waals surface area (Å²) in [7, 11) is 1.80. The molecule has 19 heavy (non-hydrogen) atoms. The van der Waals surface area contributed by atoms with Crippen molar-refractivity contribution >= 4 is 11.8 Å². The van der Waals surface area contributed by atoms with Crippen LogP contribution in [-0.2, 0) is 0 Å². The Kier molecular flexibility index (Phi) is 4.32. The summed E-state index contributed by atoms with van der Waals surface area (Å²) < 4.78 is 1.76. The van der Waals surface area contributed by atoms with Crippen LogP contribution in [0.1, 0.15) is 38.6 Å². The molecule has 7 heteroatoms. The standard InChI is InChI=1S/C12H19N5OS/c1-12(8-13,14-2)6-3-7-19-11-16-15-10(18)17(11)9-4-5-9/h9,14H,3-7H2,1-2H3,(H,15,18). The number of H-pyrrole nitrogens is 1. The lowest BCUT2D eigenvalue weighted by Crippen LogP contribution is -2.37. The van der Waals surface area contributed by atoms with Gasteiger partial charge in [0.1, 0.15) is 5.54 Å². The number of hydrogen-bond acceptors (Lipinski definition) is 5. The van der Waals surface area contributed by atoms with Crippen molar-refractivity contribution in [2.75, 3.05) is 12.8 Å². The van der Waals surface area contributed by atoms with Crippen molar-refractivity contribution in [2.45, 2.75) is 49.3 Å². The van der Waals surface area contributed by atoms with Crippen LogP contribution in [0.25, 0.3) is 0 Å². The van der Waals surface area contributed by atoms with E-state index < -0.39 is 5.54 Å². The van der Waals surface area contributed by atoms with Crippen LogP contribution < -0.4 is 11.0 Å². The van der Waals surface area contributed by atoms with Gasteiger partial charge in [-0.15, -0.1) is 5.10 Å². The van der Waals surface area contributed by atoms with Gasteiger partial charge in [-0.05, 0) is 39.7 Å². The van der Waals surface area contributed by atoms with Gasteiger partial charge in [0.25, 0.3) is 0 Å². The van der Waals surface area contributed by atoms with Gasteiger partial charge in [-0.2, -0.15) is 5.26 Å². The highest BCUT2D eigenvalue weighted by molar-refractivity contribution is 7.99. The molecule has 0 spiro atoms. The zero-order valence-electron chi connectivity index (χ0n) is 11.3. The Morgan fingerprint density at radius 1 is 1.68 bits per heavy atom. The second kappa shape index (κ2) is 5.80. The van der Waals surface area contributed by atoms with Crippen molar-refractivity contribution in [1.29, 1.82) is 5.26 Å². The Bertz CT molecular complexity index is 527. The van der Waals surface area contributed by atoms with E-state index in [9.17, 15) is 4.79 Å². The summed E-state index contributed by atoms with van der Waals surface area (Å²) in [5, 5.41) is 19.4. The predicted octanol–water partition coefficient (Wildman–Crippen LogP) is 1.28. The highest BCUT2D eigenvalue weighted by atomic mass is 32.2. The molecule has 0 amide bonds. The van der Waals surface area contributed by atoms with Gasteiger partial charge in [0.15, 0.2) is 5.16 Å². The summed E-state index contributed by atoms with van der Waals surface area (Å²) in [5.41, 5.74) is -0.579. The Morgan fingerprint density at radius 2 is 2.42 bits per heavy atom. The third-order valence-corrected chi connectivity index (χ3v) is 4.47. The molecule has 1 aliphatic rings. The van der Waals surface area contributed by atoms with Crippen LogP contribution in [0, 0.1) is 11.3 Å². The van der Waals surface area contributed by atoms with Crippen molar-refractivity contribution in [2.24, 2.45) is 0 Å². The number of thioether (sulfide) groups is 1. The van der Waals surface area contributed by atoms with E-state index in [1.165, 1.54) is 0 Å². The second-order valence-electron chi connectivity index (χ2n) is 5.06. The maximum atomic E-state index is 11.6. The van der Waals surface area contributed by atoms with E-state index in [1.54, 1.807) is 23.4 Å². The fourth-order valence-corrected chi connectivity index (χ4v) is 2.83. The van der Waals surface area contributed by atoms with Crippen molar-refractivity contribution < 1.29 is 0 Å². The molecule has 0 bridgehead atoms. The average Bonchev–Trinajstić information content (AvgIpc) is 3.19. The van der Waals surface area contributed by atoms with Crippen LogP contribution in [0.15, 0.2) is 9.95 Å². The smallest absolute Gasteiger partial charge is 0.303 e. The maximum absolute atomic E-state index is 11.6. The SMILES string of the molecule is CNC(C)(C#N)CCCSc1n[nH]c(=O)n1C1CC1. The fourth-order valence-electron chi connectivity index (χ4n) is 1.87. The molecule has 1 unspecified atom stereocenters. The number of aromatic amines is 1. The Labute approximate surface area is 116 Å². The molecular weight excluding hydrogens is 262 g/mol. The molecule has 1 fully saturated rings. The lowest BCUT2D eigenvalue weighted by Gasteiger charge is -2.19. The Hall–Kier alpha value is -1.26. The fraction of sp³-hybridized carbons (Fsp3) is 0.750. The number of hydrogen-bond donors (Lipinski definition) is 2. The van der Waals surface area contributed by atoms with E-state index in [4.69, 9.17) is 5.26 Å². The number of aromatic nitrogens is 3. The molecule has 1 aromatic rings. The van der Waals surface area contributed by atoms with E-state index in [1.807, 2.05) is 6.92 Å². The summed E-state index contributed by atoms with van der Waals surface area (Å²) in [6, 6.07) is 2.62. The molecule has 6 nitrogen and oxygen atoms in total. The first kappa shape index (κ1) is 14.2.